The van der Waals surface area contributed by atoms with Crippen molar-refractivity contribution >= 4 is 23.6 Å². The van der Waals surface area contributed by atoms with Gasteiger partial charge in [-0.3, -0.25) is 10.1 Å². The number of nitro benzene ring substituents is 1. The molecule has 2 rings (SSSR count). The highest BCUT2D eigenvalue weighted by Gasteiger charge is 2.09. The van der Waals surface area contributed by atoms with E-state index in [1.165, 1.54) is 12.1 Å². The molecule has 0 aliphatic heterocycles. The number of nitrogens with zero attached hydrogens (tertiary/aromatic N) is 1. The van der Waals surface area contributed by atoms with Crippen LogP contribution in [0.4, 0.5) is 5.69 Å². The molecule has 22 heavy (non-hydrogen) atoms. The summed E-state index contributed by atoms with van der Waals surface area (Å²) in [4.78, 5) is 21.5. The predicted molar refractivity (Wildman–Crippen MR) is 87.6 cm³/mol. The Hall–Kier alpha value is -2.75. The summed E-state index contributed by atoms with van der Waals surface area (Å²) in [6.07, 6.45) is 2.96. The molecule has 0 spiro atoms. The van der Waals surface area contributed by atoms with Gasteiger partial charge in [0.15, 0.2) is 0 Å². The van der Waals surface area contributed by atoms with Gasteiger partial charge in [0.1, 0.15) is 6.29 Å². The number of carbonyl (C=O) groups excluding carboxylic acids is 1. The average Bonchev–Trinajstić information content (AvgIpc) is 2.50. The molecule has 0 amide bonds. The van der Waals surface area contributed by atoms with Crippen LogP contribution in [0.25, 0.3) is 11.6 Å². The molecule has 0 atom stereocenters. The van der Waals surface area contributed by atoms with Gasteiger partial charge in [-0.2, -0.15) is 0 Å². The summed E-state index contributed by atoms with van der Waals surface area (Å²) in [7, 11) is 0. The van der Waals surface area contributed by atoms with Crippen molar-refractivity contribution in [2.75, 3.05) is 0 Å². The molecule has 0 radical (unpaired) electrons. The normalized spacial score (nSPS) is 11.3. The van der Waals surface area contributed by atoms with Gasteiger partial charge in [0.25, 0.3) is 5.69 Å². The minimum atomic E-state index is -0.431. The van der Waals surface area contributed by atoms with Gasteiger partial charge in [-0.15, -0.1) is 0 Å². The van der Waals surface area contributed by atoms with Crippen molar-refractivity contribution in [3.05, 3.63) is 74.8 Å². The van der Waals surface area contributed by atoms with Gasteiger partial charge in [-0.1, -0.05) is 42.0 Å². The van der Waals surface area contributed by atoms with Crippen LogP contribution in [0.5, 0.6) is 0 Å². The van der Waals surface area contributed by atoms with Crippen LogP contribution >= 0.6 is 0 Å². The number of carbonyl (C=O) groups is 1. The van der Waals surface area contributed by atoms with E-state index in [4.69, 9.17) is 0 Å². The molecule has 0 saturated heterocycles. The maximum atomic E-state index is 11.0. The molecule has 0 unspecified atom stereocenters. The quantitative estimate of drug-likeness (QED) is 0.357. The summed E-state index contributed by atoms with van der Waals surface area (Å²) >= 11 is 0. The standard InChI is InChI=1S/C18H17NO3/c1-13-6-7-14(2)17(10-13)11-16(8-9-20)15-4-3-5-18(12-15)19(21)22/h3-7,9-12H,8H2,1-2H3/b16-11+. The summed E-state index contributed by atoms with van der Waals surface area (Å²) in [5.41, 5.74) is 4.73. The van der Waals surface area contributed by atoms with Crippen molar-refractivity contribution in [2.45, 2.75) is 20.3 Å². The van der Waals surface area contributed by atoms with Gasteiger partial charge in [0.2, 0.25) is 0 Å². The predicted octanol–water partition coefficient (Wildman–Crippen LogP) is 4.34. The number of aryl methyl sites for hydroxylation is 2. The minimum absolute atomic E-state index is 0.0234. The van der Waals surface area contributed by atoms with Crippen LogP contribution in [0.1, 0.15) is 28.7 Å². The summed E-state index contributed by atoms with van der Waals surface area (Å²) in [6, 6.07) is 12.5. The van der Waals surface area contributed by atoms with Crippen LogP contribution in [0.15, 0.2) is 42.5 Å². The number of benzene rings is 2. The highest BCUT2D eigenvalue weighted by atomic mass is 16.6. The lowest BCUT2D eigenvalue weighted by molar-refractivity contribution is -0.384. The molecule has 0 heterocycles. The Morgan fingerprint density at radius 3 is 2.64 bits per heavy atom. The number of hydrogen-bond donors (Lipinski definition) is 0. The van der Waals surface area contributed by atoms with E-state index in [9.17, 15) is 14.9 Å². The first kappa shape index (κ1) is 15.6. The molecule has 0 aromatic heterocycles. The summed E-state index contributed by atoms with van der Waals surface area (Å²) in [6.45, 7) is 4.00. The third kappa shape index (κ3) is 3.67. The highest BCUT2D eigenvalue weighted by Crippen LogP contribution is 2.25. The third-order valence-corrected chi connectivity index (χ3v) is 3.50. The van der Waals surface area contributed by atoms with Crippen molar-refractivity contribution < 1.29 is 9.72 Å². The fraction of sp³-hybridized carbons (Fsp3) is 0.167. The Balaban J connectivity index is 2.52. The lowest BCUT2D eigenvalue weighted by atomic mass is 9.97. The molecule has 4 heteroatoms. The average molecular weight is 295 g/mol. The van der Waals surface area contributed by atoms with Gasteiger partial charge in [0, 0.05) is 18.6 Å². The van der Waals surface area contributed by atoms with Crippen LogP contribution in [-0.4, -0.2) is 11.2 Å². The molecule has 4 nitrogen and oxygen atoms in total. The molecule has 0 aliphatic rings. The summed E-state index contributed by atoms with van der Waals surface area (Å²) < 4.78 is 0. The third-order valence-electron chi connectivity index (χ3n) is 3.50. The Kier molecular flexibility index (Phi) is 4.84. The van der Waals surface area contributed by atoms with Crippen molar-refractivity contribution in [2.24, 2.45) is 0 Å². The largest absolute Gasteiger partial charge is 0.303 e. The highest BCUT2D eigenvalue weighted by molar-refractivity contribution is 5.88. The van der Waals surface area contributed by atoms with Gasteiger partial charge >= 0.3 is 0 Å². The fourth-order valence-electron chi connectivity index (χ4n) is 2.27. The number of aldehydes is 1. The van der Waals surface area contributed by atoms with E-state index in [0.717, 1.165) is 28.5 Å². The smallest absolute Gasteiger partial charge is 0.270 e. The molecule has 112 valence electrons. The van der Waals surface area contributed by atoms with Gasteiger partial charge in [-0.05, 0) is 36.1 Å². The number of non-ortho nitro benzene ring substituents is 1. The van der Waals surface area contributed by atoms with Crippen LogP contribution in [0.3, 0.4) is 0 Å². The van der Waals surface area contributed by atoms with Gasteiger partial charge in [-0.25, -0.2) is 0 Å². The first-order valence-electron chi connectivity index (χ1n) is 6.97. The molecule has 2 aromatic rings. The van der Waals surface area contributed by atoms with Crippen LogP contribution in [0.2, 0.25) is 0 Å². The van der Waals surface area contributed by atoms with E-state index in [-0.39, 0.29) is 12.1 Å². The van der Waals surface area contributed by atoms with E-state index >= 15 is 0 Å². The Morgan fingerprint density at radius 2 is 1.95 bits per heavy atom. The SMILES string of the molecule is Cc1ccc(C)c(/C=C(\CC=O)c2cccc([N+](=O)[O-])c2)c1. The van der Waals surface area contributed by atoms with E-state index in [2.05, 4.69) is 0 Å². The Bertz CT molecular complexity index is 748. The second-order valence-corrected chi connectivity index (χ2v) is 5.21. The van der Waals surface area contributed by atoms with Gasteiger partial charge in [0.05, 0.1) is 4.92 Å². The molecule has 2 aromatic carbocycles. The topological polar surface area (TPSA) is 60.2 Å². The minimum Gasteiger partial charge on any atom is -0.303 e. The maximum Gasteiger partial charge on any atom is 0.270 e. The second kappa shape index (κ2) is 6.80. The zero-order valence-electron chi connectivity index (χ0n) is 12.6. The first-order valence-corrected chi connectivity index (χ1v) is 6.97. The molecule has 0 N–H and O–H groups in total. The molecule has 0 fully saturated rings. The van der Waals surface area contributed by atoms with Crippen LogP contribution in [-0.2, 0) is 4.79 Å². The number of nitro groups is 1. The van der Waals surface area contributed by atoms with Crippen LogP contribution in [0, 0.1) is 24.0 Å². The lowest BCUT2D eigenvalue weighted by Crippen LogP contribution is -1.92. The first-order chi connectivity index (χ1) is 10.5. The van der Waals surface area contributed by atoms with Crippen molar-refractivity contribution in [3.63, 3.8) is 0 Å². The molecule has 0 aliphatic carbocycles. The van der Waals surface area contributed by atoms with Crippen molar-refractivity contribution in [1.29, 1.82) is 0 Å². The molecule has 0 saturated carbocycles. The number of allylic oxidation sites excluding steroid dienone is 1. The monoisotopic (exact) mass is 295 g/mol. The zero-order valence-corrected chi connectivity index (χ0v) is 12.6. The van der Waals surface area contributed by atoms with E-state index in [0.29, 0.717) is 5.56 Å². The number of rotatable bonds is 5. The Labute approximate surface area is 129 Å². The molecular weight excluding hydrogens is 278 g/mol. The van der Waals surface area contributed by atoms with Crippen molar-refractivity contribution in [1.82, 2.24) is 0 Å². The van der Waals surface area contributed by atoms with Gasteiger partial charge < -0.3 is 4.79 Å². The van der Waals surface area contributed by atoms with E-state index < -0.39 is 4.92 Å². The van der Waals surface area contributed by atoms with Crippen molar-refractivity contribution in [3.8, 4) is 0 Å². The number of hydrogen-bond acceptors (Lipinski definition) is 3. The maximum absolute atomic E-state index is 11.0. The summed E-state index contributed by atoms with van der Waals surface area (Å²) in [5, 5.41) is 10.9. The van der Waals surface area contributed by atoms with E-state index in [1.54, 1.807) is 12.1 Å². The lowest BCUT2D eigenvalue weighted by Gasteiger charge is -2.08. The fourth-order valence-corrected chi connectivity index (χ4v) is 2.27. The van der Waals surface area contributed by atoms with Crippen LogP contribution < -0.4 is 0 Å². The van der Waals surface area contributed by atoms with E-state index in [1.807, 2.05) is 38.1 Å². The summed E-state index contributed by atoms with van der Waals surface area (Å²) in [5.74, 6) is 0. The second-order valence-electron chi connectivity index (χ2n) is 5.21. The molecule has 0 bridgehead atoms. The Morgan fingerprint density at radius 1 is 1.18 bits per heavy atom. The zero-order chi connectivity index (χ0) is 16.1. The molecular formula is C18H17NO3.